The Bertz CT molecular complexity index is 622. The number of carbonyl (C=O) groups is 1. The smallest absolute Gasteiger partial charge is 0.313 e. The molecule has 0 spiro atoms. The predicted octanol–water partition coefficient (Wildman–Crippen LogP) is 3.84. The number of carboxylic acid groups (broad SMARTS) is 1. The molecule has 1 aromatic heterocycles. The Morgan fingerprint density at radius 2 is 2.05 bits per heavy atom. The average Bonchev–Trinajstić information content (AvgIpc) is 2.81. The zero-order valence-corrected chi connectivity index (χ0v) is 14.0. The molecule has 0 saturated carbocycles. The number of aromatic nitrogens is 2. The van der Waals surface area contributed by atoms with Crippen molar-refractivity contribution in [1.82, 2.24) is 10.2 Å². The number of carboxylic acids is 1. The van der Waals surface area contributed by atoms with Gasteiger partial charge in [0.05, 0.1) is 5.75 Å². The highest BCUT2D eigenvalue weighted by Gasteiger charge is 2.08. The number of nitrogens with one attached hydrogen (secondary N) is 1. The van der Waals surface area contributed by atoms with Crippen LogP contribution >= 0.6 is 39.0 Å². The van der Waals surface area contributed by atoms with Gasteiger partial charge in [-0.1, -0.05) is 39.0 Å². The zero-order chi connectivity index (χ0) is 14.7. The molecule has 0 amide bonds. The summed E-state index contributed by atoms with van der Waals surface area (Å²) in [7, 11) is 0. The van der Waals surface area contributed by atoms with E-state index in [9.17, 15) is 4.79 Å². The number of benzene rings is 1. The molecule has 2 aromatic rings. The summed E-state index contributed by atoms with van der Waals surface area (Å²) in [5.41, 5.74) is 3.21. The Kier molecular flexibility index (Phi) is 5.00. The fraction of sp³-hybridized carbons (Fsp3) is 0.250. The second-order valence-corrected chi connectivity index (χ2v) is 7.10. The first-order valence-corrected chi connectivity index (χ1v) is 8.27. The van der Waals surface area contributed by atoms with E-state index < -0.39 is 5.97 Å². The van der Waals surface area contributed by atoms with E-state index in [1.807, 2.05) is 26.0 Å². The molecule has 106 valence electrons. The number of aliphatic carboxylic acids is 1. The number of thioether (sulfide) groups is 1. The number of aryl methyl sites for hydroxylation is 2. The molecule has 1 aromatic carbocycles. The fourth-order valence-electron chi connectivity index (χ4n) is 1.58. The van der Waals surface area contributed by atoms with Crippen LogP contribution in [-0.4, -0.2) is 27.0 Å². The second-order valence-electron chi connectivity index (χ2n) is 4.10. The van der Waals surface area contributed by atoms with E-state index in [0.29, 0.717) is 9.47 Å². The predicted molar refractivity (Wildman–Crippen MR) is 85.2 cm³/mol. The standard InChI is InChI=1S/C12H12BrN3O2S2/c1-6-3-8(4-7(2)10(6)13)14-11-15-16-12(20-11)19-5-9(17)18/h3-4H,5H2,1-2H3,(H,14,15)(H,17,18). The van der Waals surface area contributed by atoms with E-state index in [1.165, 1.54) is 23.1 Å². The lowest BCUT2D eigenvalue weighted by Crippen LogP contribution is -1.96. The summed E-state index contributed by atoms with van der Waals surface area (Å²) >= 11 is 6.03. The number of hydrogen-bond acceptors (Lipinski definition) is 6. The minimum absolute atomic E-state index is 0.00880. The van der Waals surface area contributed by atoms with Crippen LogP contribution in [0.15, 0.2) is 20.9 Å². The van der Waals surface area contributed by atoms with E-state index in [-0.39, 0.29) is 5.75 Å². The van der Waals surface area contributed by atoms with Crippen molar-refractivity contribution in [2.75, 3.05) is 11.1 Å². The Morgan fingerprint density at radius 3 is 2.65 bits per heavy atom. The van der Waals surface area contributed by atoms with Crippen molar-refractivity contribution in [3.8, 4) is 0 Å². The summed E-state index contributed by atoms with van der Waals surface area (Å²) in [6, 6.07) is 4.03. The van der Waals surface area contributed by atoms with Gasteiger partial charge in [0.1, 0.15) is 0 Å². The molecule has 0 unspecified atom stereocenters. The van der Waals surface area contributed by atoms with Crippen LogP contribution in [0.25, 0.3) is 0 Å². The van der Waals surface area contributed by atoms with E-state index in [2.05, 4.69) is 31.4 Å². The summed E-state index contributed by atoms with van der Waals surface area (Å²) in [5.74, 6) is -0.871. The fourth-order valence-corrected chi connectivity index (χ4v) is 3.30. The maximum Gasteiger partial charge on any atom is 0.313 e. The number of nitrogens with zero attached hydrogens (tertiary/aromatic N) is 2. The molecule has 1 heterocycles. The first-order chi connectivity index (χ1) is 9.45. The highest BCUT2D eigenvalue weighted by molar-refractivity contribution is 9.10. The molecule has 0 aliphatic carbocycles. The molecule has 0 atom stereocenters. The van der Waals surface area contributed by atoms with Crippen molar-refractivity contribution in [2.45, 2.75) is 18.2 Å². The van der Waals surface area contributed by atoms with Gasteiger partial charge in [-0.3, -0.25) is 4.79 Å². The van der Waals surface area contributed by atoms with E-state index in [1.54, 1.807) is 0 Å². The molecule has 20 heavy (non-hydrogen) atoms. The first-order valence-electron chi connectivity index (χ1n) is 5.67. The molecular formula is C12H12BrN3O2S2. The van der Waals surface area contributed by atoms with Crippen molar-refractivity contribution < 1.29 is 9.90 Å². The number of halogens is 1. The third kappa shape index (κ3) is 3.94. The lowest BCUT2D eigenvalue weighted by Gasteiger charge is -2.07. The monoisotopic (exact) mass is 373 g/mol. The average molecular weight is 374 g/mol. The Hall–Kier alpha value is -1.12. The van der Waals surface area contributed by atoms with Crippen molar-refractivity contribution in [1.29, 1.82) is 0 Å². The van der Waals surface area contributed by atoms with Crippen molar-refractivity contribution in [2.24, 2.45) is 0 Å². The van der Waals surface area contributed by atoms with Crippen LogP contribution in [0.5, 0.6) is 0 Å². The lowest BCUT2D eigenvalue weighted by molar-refractivity contribution is -0.133. The van der Waals surface area contributed by atoms with Gasteiger partial charge in [-0.15, -0.1) is 10.2 Å². The zero-order valence-electron chi connectivity index (χ0n) is 10.8. The third-order valence-electron chi connectivity index (χ3n) is 2.41. The molecule has 0 radical (unpaired) electrons. The normalized spacial score (nSPS) is 10.6. The molecule has 2 N–H and O–H groups in total. The van der Waals surface area contributed by atoms with Gasteiger partial charge in [-0.25, -0.2) is 0 Å². The molecular weight excluding hydrogens is 362 g/mol. The summed E-state index contributed by atoms with van der Waals surface area (Å²) in [6.07, 6.45) is 0. The Morgan fingerprint density at radius 1 is 1.40 bits per heavy atom. The van der Waals surface area contributed by atoms with Gasteiger partial charge < -0.3 is 10.4 Å². The molecule has 5 nitrogen and oxygen atoms in total. The maximum absolute atomic E-state index is 10.5. The SMILES string of the molecule is Cc1cc(Nc2nnc(SCC(=O)O)s2)cc(C)c1Br. The van der Waals surface area contributed by atoms with Crippen LogP contribution in [-0.2, 0) is 4.79 Å². The summed E-state index contributed by atoms with van der Waals surface area (Å²) in [6.45, 7) is 4.05. The van der Waals surface area contributed by atoms with Gasteiger partial charge in [0.25, 0.3) is 0 Å². The minimum atomic E-state index is -0.862. The van der Waals surface area contributed by atoms with E-state index in [4.69, 9.17) is 5.11 Å². The van der Waals surface area contributed by atoms with Crippen LogP contribution in [0.2, 0.25) is 0 Å². The third-order valence-corrected chi connectivity index (χ3v) is 5.62. The van der Waals surface area contributed by atoms with Crippen LogP contribution < -0.4 is 5.32 Å². The molecule has 0 aliphatic rings. The molecule has 0 bridgehead atoms. The number of anilines is 2. The van der Waals surface area contributed by atoms with Gasteiger partial charge in [-0.05, 0) is 37.1 Å². The minimum Gasteiger partial charge on any atom is -0.481 e. The number of rotatable bonds is 5. The Labute approximate surface area is 132 Å². The molecule has 8 heteroatoms. The highest BCUT2D eigenvalue weighted by Crippen LogP contribution is 2.30. The summed E-state index contributed by atoms with van der Waals surface area (Å²) in [4.78, 5) is 10.5. The first kappa shape index (κ1) is 15.3. The van der Waals surface area contributed by atoms with Gasteiger partial charge >= 0.3 is 5.97 Å². The van der Waals surface area contributed by atoms with Crippen LogP contribution in [0.3, 0.4) is 0 Å². The maximum atomic E-state index is 10.5. The van der Waals surface area contributed by atoms with E-state index in [0.717, 1.165) is 21.3 Å². The highest BCUT2D eigenvalue weighted by atomic mass is 79.9. The van der Waals surface area contributed by atoms with E-state index >= 15 is 0 Å². The van der Waals surface area contributed by atoms with Crippen molar-refractivity contribution >= 4 is 55.8 Å². The quantitative estimate of drug-likeness (QED) is 0.775. The lowest BCUT2D eigenvalue weighted by atomic mass is 10.1. The Balaban J connectivity index is 2.09. The van der Waals surface area contributed by atoms with Gasteiger partial charge in [0, 0.05) is 10.2 Å². The van der Waals surface area contributed by atoms with Crippen LogP contribution in [0.4, 0.5) is 10.8 Å². The van der Waals surface area contributed by atoms with Gasteiger partial charge in [0.2, 0.25) is 5.13 Å². The topological polar surface area (TPSA) is 75.1 Å². The van der Waals surface area contributed by atoms with Crippen molar-refractivity contribution in [3.05, 3.63) is 27.7 Å². The molecule has 0 aliphatic heterocycles. The summed E-state index contributed by atoms with van der Waals surface area (Å²) in [5, 5.41) is 20.4. The second kappa shape index (κ2) is 6.55. The van der Waals surface area contributed by atoms with Gasteiger partial charge in [0.15, 0.2) is 4.34 Å². The number of hydrogen-bond donors (Lipinski definition) is 2. The summed E-state index contributed by atoms with van der Waals surface area (Å²) < 4.78 is 1.73. The van der Waals surface area contributed by atoms with Crippen LogP contribution in [0, 0.1) is 13.8 Å². The largest absolute Gasteiger partial charge is 0.481 e. The van der Waals surface area contributed by atoms with Gasteiger partial charge in [-0.2, -0.15) is 0 Å². The molecule has 2 rings (SSSR count). The molecule has 0 fully saturated rings. The van der Waals surface area contributed by atoms with Crippen molar-refractivity contribution in [3.63, 3.8) is 0 Å². The van der Waals surface area contributed by atoms with Crippen LogP contribution in [0.1, 0.15) is 11.1 Å². The molecule has 0 saturated heterocycles.